The van der Waals surface area contributed by atoms with E-state index in [0.29, 0.717) is 17.9 Å². The molecular formula is C18H27N3O. The van der Waals surface area contributed by atoms with Gasteiger partial charge in [0.1, 0.15) is 0 Å². The SMILES string of the molecule is CN(C)c1cccc(C(=O)N2C[C@H]3CC[C@@H](C2)C3N(C)C)c1. The monoisotopic (exact) mass is 301 g/mol. The first kappa shape index (κ1) is 15.3. The van der Waals surface area contributed by atoms with Gasteiger partial charge in [0.05, 0.1) is 0 Å². The van der Waals surface area contributed by atoms with Gasteiger partial charge in [-0.1, -0.05) is 6.07 Å². The van der Waals surface area contributed by atoms with Crippen LogP contribution in [0.2, 0.25) is 0 Å². The lowest BCUT2D eigenvalue weighted by Crippen LogP contribution is -2.52. The van der Waals surface area contributed by atoms with Crippen molar-refractivity contribution < 1.29 is 4.79 Å². The number of hydrogen-bond acceptors (Lipinski definition) is 3. The van der Waals surface area contributed by atoms with Crippen molar-refractivity contribution in [1.82, 2.24) is 9.80 Å². The fraction of sp³-hybridized carbons (Fsp3) is 0.611. The molecule has 0 aromatic heterocycles. The van der Waals surface area contributed by atoms with Crippen LogP contribution >= 0.6 is 0 Å². The molecule has 2 aliphatic rings. The maximum Gasteiger partial charge on any atom is 0.253 e. The van der Waals surface area contributed by atoms with Crippen molar-refractivity contribution in [3.63, 3.8) is 0 Å². The van der Waals surface area contributed by atoms with Gasteiger partial charge in [-0.25, -0.2) is 0 Å². The van der Waals surface area contributed by atoms with E-state index in [0.717, 1.165) is 24.3 Å². The van der Waals surface area contributed by atoms with E-state index in [-0.39, 0.29) is 5.91 Å². The number of fused-ring (bicyclic) bond motifs is 2. The molecule has 1 amide bonds. The molecule has 1 aromatic carbocycles. The molecule has 0 spiro atoms. The zero-order valence-corrected chi connectivity index (χ0v) is 14.1. The van der Waals surface area contributed by atoms with Crippen LogP contribution in [0.1, 0.15) is 23.2 Å². The highest BCUT2D eigenvalue weighted by Crippen LogP contribution is 2.39. The molecule has 4 nitrogen and oxygen atoms in total. The Morgan fingerprint density at radius 3 is 2.27 bits per heavy atom. The van der Waals surface area contributed by atoms with Crippen molar-refractivity contribution in [1.29, 1.82) is 0 Å². The molecule has 0 radical (unpaired) electrons. The zero-order chi connectivity index (χ0) is 15.9. The van der Waals surface area contributed by atoms with Gasteiger partial charge in [0, 0.05) is 44.5 Å². The van der Waals surface area contributed by atoms with E-state index in [4.69, 9.17) is 0 Å². The molecule has 3 atom stereocenters. The van der Waals surface area contributed by atoms with Crippen LogP contribution in [0.3, 0.4) is 0 Å². The number of piperidine rings is 1. The topological polar surface area (TPSA) is 26.8 Å². The highest BCUT2D eigenvalue weighted by atomic mass is 16.2. The van der Waals surface area contributed by atoms with Gasteiger partial charge in [0.2, 0.25) is 0 Å². The van der Waals surface area contributed by atoms with E-state index in [1.54, 1.807) is 0 Å². The Morgan fingerprint density at radius 1 is 1.09 bits per heavy atom. The number of amides is 1. The standard InChI is InChI=1S/C18H27N3O/c1-19(2)16-7-5-6-13(10-16)18(22)21-11-14-8-9-15(12-21)17(14)20(3)4/h5-7,10,14-15,17H,8-9,11-12H2,1-4H3/t14-,15+,17?. The van der Waals surface area contributed by atoms with E-state index in [2.05, 4.69) is 23.9 Å². The summed E-state index contributed by atoms with van der Waals surface area (Å²) in [5.41, 5.74) is 1.89. The second-order valence-electron chi connectivity index (χ2n) is 7.21. The van der Waals surface area contributed by atoms with Crippen LogP contribution in [-0.2, 0) is 0 Å². The van der Waals surface area contributed by atoms with Crippen LogP contribution in [0.25, 0.3) is 0 Å². The van der Waals surface area contributed by atoms with Crippen molar-refractivity contribution in [2.75, 3.05) is 46.2 Å². The van der Waals surface area contributed by atoms with Crippen molar-refractivity contribution in [2.45, 2.75) is 18.9 Å². The van der Waals surface area contributed by atoms with Crippen molar-refractivity contribution in [3.8, 4) is 0 Å². The average Bonchev–Trinajstić information content (AvgIpc) is 2.77. The molecule has 2 fully saturated rings. The lowest BCUT2D eigenvalue weighted by Gasteiger charge is -2.41. The molecule has 1 aliphatic heterocycles. The number of likely N-dealkylation sites (tertiary alicyclic amines) is 1. The Balaban J connectivity index is 1.76. The molecule has 1 unspecified atom stereocenters. The summed E-state index contributed by atoms with van der Waals surface area (Å²) in [5.74, 6) is 1.46. The van der Waals surface area contributed by atoms with Gasteiger partial charge in [-0.3, -0.25) is 4.79 Å². The fourth-order valence-electron chi connectivity index (χ4n) is 4.30. The number of nitrogens with zero attached hydrogens (tertiary/aromatic N) is 3. The van der Waals surface area contributed by atoms with Crippen LogP contribution in [-0.4, -0.2) is 63.0 Å². The number of benzene rings is 1. The molecular weight excluding hydrogens is 274 g/mol. The van der Waals surface area contributed by atoms with Gasteiger partial charge in [-0.2, -0.15) is 0 Å². The predicted octanol–water partition coefficient (Wildman–Crippen LogP) is 2.16. The second-order valence-corrected chi connectivity index (χ2v) is 7.21. The highest BCUT2D eigenvalue weighted by molar-refractivity contribution is 5.95. The van der Waals surface area contributed by atoms with Gasteiger partial charge in [0.15, 0.2) is 0 Å². The van der Waals surface area contributed by atoms with Crippen LogP contribution in [0.5, 0.6) is 0 Å². The molecule has 1 saturated heterocycles. The van der Waals surface area contributed by atoms with Gasteiger partial charge in [-0.15, -0.1) is 0 Å². The fourth-order valence-corrected chi connectivity index (χ4v) is 4.30. The smallest absolute Gasteiger partial charge is 0.253 e. The van der Waals surface area contributed by atoms with Crippen LogP contribution in [0.4, 0.5) is 5.69 Å². The first-order chi connectivity index (χ1) is 10.5. The lowest BCUT2D eigenvalue weighted by molar-refractivity contribution is 0.0487. The summed E-state index contributed by atoms with van der Waals surface area (Å²) in [5, 5.41) is 0. The van der Waals surface area contributed by atoms with Gasteiger partial charge >= 0.3 is 0 Å². The number of carbonyl (C=O) groups is 1. The first-order valence-electron chi connectivity index (χ1n) is 8.20. The Hall–Kier alpha value is -1.55. The second kappa shape index (κ2) is 5.92. The van der Waals surface area contributed by atoms with E-state index in [1.165, 1.54) is 12.8 Å². The maximum atomic E-state index is 12.9. The quantitative estimate of drug-likeness (QED) is 0.856. The molecule has 1 aliphatic carbocycles. The number of rotatable bonds is 3. The predicted molar refractivity (Wildman–Crippen MR) is 90.4 cm³/mol. The summed E-state index contributed by atoms with van der Waals surface area (Å²) in [6.45, 7) is 1.81. The van der Waals surface area contributed by atoms with Crippen molar-refractivity contribution in [3.05, 3.63) is 29.8 Å². The normalized spacial score (nSPS) is 27.3. The third kappa shape index (κ3) is 2.72. The summed E-state index contributed by atoms with van der Waals surface area (Å²) in [7, 11) is 8.36. The molecule has 1 heterocycles. The van der Waals surface area contributed by atoms with E-state index >= 15 is 0 Å². The van der Waals surface area contributed by atoms with Crippen LogP contribution in [0.15, 0.2) is 24.3 Å². The lowest BCUT2D eigenvalue weighted by atomic mass is 9.91. The minimum absolute atomic E-state index is 0.192. The molecule has 4 heteroatoms. The third-order valence-corrected chi connectivity index (χ3v) is 5.28. The molecule has 22 heavy (non-hydrogen) atoms. The van der Waals surface area contributed by atoms with E-state index in [9.17, 15) is 4.79 Å². The van der Waals surface area contributed by atoms with Crippen molar-refractivity contribution in [2.24, 2.45) is 11.8 Å². The van der Waals surface area contributed by atoms with Gasteiger partial charge in [-0.05, 0) is 57.0 Å². The summed E-state index contributed by atoms with van der Waals surface area (Å²) >= 11 is 0. The van der Waals surface area contributed by atoms with Crippen LogP contribution in [0, 0.1) is 11.8 Å². The minimum Gasteiger partial charge on any atom is -0.378 e. The van der Waals surface area contributed by atoms with Crippen LogP contribution < -0.4 is 4.90 Å². The van der Waals surface area contributed by atoms with Crippen molar-refractivity contribution >= 4 is 11.6 Å². The minimum atomic E-state index is 0.192. The number of hydrogen-bond donors (Lipinski definition) is 0. The third-order valence-electron chi connectivity index (χ3n) is 5.28. The Kier molecular flexibility index (Phi) is 4.13. The summed E-state index contributed by atoms with van der Waals surface area (Å²) in [6, 6.07) is 8.61. The van der Waals surface area contributed by atoms with Gasteiger partial charge < -0.3 is 14.7 Å². The summed E-state index contributed by atoms with van der Waals surface area (Å²) < 4.78 is 0. The van der Waals surface area contributed by atoms with E-state index < -0.39 is 0 Å². The first-order valence-corrected chi connectivity index (χ1v) is 8.20. The number of anilines is 1. The molecule has 120 valence electrons. The summed E-state index contributed by atoms with van der Waals surface area (Å²) in [4.78, 5) is 19.3. The average molecular weight is 301 g/mol. The Bertz CT molecular complexity index is 541. The molecule has 1 saturated carbocycles. The summed E-state index contributed by atoms with van der Waals surface area (Å²) in [6.07, 6.45) is 2.52. The van der Waals surface area contributed by atoms with E-state index in [1.807, 2.05) is 43.3 Å². The molecule has 2 bridgehead atoms. The highest BCUT2D eigenvalue weighted by Gasteiger charge is 2.44. The molecule has 1 aromatic rings. The molecule has 3 rings (SSSR count). The Labute approximate surface area is 133 Å². The Morgan fingerprint density at radius 2 is 1.73 bits per heavy atom. The zero-order valence-electron chi connectivity index (χ0n) is 14.1. The maximum absolute atomic E-state index is 12.9. The molecule has 0 N–H and O–H groups in total. The van der Waals surface area contributed by atoms with Gasteiger partial charge in [0.25, 0.3) is 5.91 Å². The number of carbonyl (C=O) groups excluding carboxylic acids is 1. The largest absolute Gasteiger partial charge is 0.378 e.